The molecule has 0 spiro atoms. The highest BCUT2D eigenvalue weighted by Gasteiger charge is 2.44. The van der Waals surface area contributed by atoms with Gasteiger partial charge in [0.15, 0.2) is 5.76 Å². The summed E-state index contributed by atoms with van der Waals surface area (Å²) in [5.74, 6) is -0.975. The van der Waals surface area contributed by atoms with E-state index in [0.717, 1.165) is 0 Å². The van der Waals surface area contributed by atoms with Crippen molar-refractivity contribution >= 4 is 17.7 Å². The number of hydrogen-bond donors (Lipinski definition) is 2. The summed E-state index contributed by atoms with van der Waals surface area (Å²) >= 11 is 0. The third-order valence-electron chi connectivity index (χ3n) is 4.42. The fourth-order valence-electron chi connectivity index (χ4n) is 2.91. The van der Waals surface area contributed by atoms with E-state index in [1.54, 1.807) is 30.3 Å². The molecule has 0 aliphatic heterocycles. The first-order chi connectivity index (χ1) is 15.6. The topological polar surface area (TPSA) is 111 Å². The van der Waals surface area contributed by atoms with Crippen LogP contribution in [0.4, 0.5) is 23.7 Å². The molecule has 33 heavy (non-hydrogen) atoms. The fraction of sp³-hybridized carbons (Fsp3) is 0.227. The molecule has 0 bridgehead atoms. The lowest BCUT2D eigenvalue weighted by atomic mass is 10.1. The Bertz CT molecular complexity index is 1100. The summed E-state index contributed by atoms with van der Waals surface area (Å²) in [6, 6.07) is 13.3. The average molecular weight is 464 g/mol. The van der Waals surface area contributed by atoms with Crippen LogP contribution in [-0.4, -0.2) is 35.1 Å². The maximum Gasteiger partial charge on any atom is 0.429 e. The van der Waals surface area contributed by atoms with E-state index in [1.807, 2.05) is 0 Å². The lowest BCUT2D eigenvalue weighted by Crippen LogP contribution is -2.28. The van der Waals surface area contributed by atoms with Crippen LogP contribution in [0.15, 0.2) is 59.1 Å². The molecule has 1 atom stereocenters. The van der Waals surface area contributed by atoms with Gasteiger partial charge >= 0.3 is 18.2 Å². The number of hydrogen-bond acceptors (Lipinski definition) is 6. The minimum absolute atomic E-state index is 0.0591. The van der Waals surface area contributed by atoms with Gasteiger partial charge in [0.25, 0.3) is 0 Å². The molecular formula is C22H19F3N2O6. The van der Waals surface area contributed by atoms with Gasteiger partial charge in [-0.05, 0) is 12.5 Å². The third-order valence-corrected chi connectivity index (χ3v) is 4.42. The highest BCUT2D eigenvalue weighted by Crippen LogP contribution is 2.37. The van der Waals surface area contributed by atoms with Crippen molar-refractivity contribution in [2.75, 3.05) is 11.9 Å². The van der Waals surface area contributed by atoms with Crippen LogP contribution >= 0.6 is 0 Å². The average Bonchev–Trinajstić information content (AvgIpc) is 3.12. The Morgan fingerprint density at radius 1 is 1.12 bits per heavy atom. The van der Waals surface area contributed by atoms with Crippen LogP contribution in [0.5, 0.6) is 0 Å². The minimum Gasteiger partial charge on any atom is -0.480 e. The summed E-state index contributed by atoms with van der Waals surface area (Å²) in [4.78, 5) is 22.8. The Morgan fingerprint density at radius 2 is 1.79 bits per heavy atom. The molecule has 0 radical (unpaired) electrons. The molecule has 3 aromatic rings. The van der Waals surface area contributed by atoms with E-state index in [-0.39, 0.29) is 29.3 Å². The molecule has 0 fully saturated rings. The highest BCUT2D eigenvalue weighted by atomic mass is 19.4. The number of benzene rings is 2. The van der Waals surface area contributed by atoms with E-state index in [4.69, 9.17) is 19.1 Å². The number of ether oxygens (including phenoxy) is 2. The number of alkyl halides is 3. The molecule has 0 saturated carbocycles. The molecule has 0 aliphatic rings. The second-order valence-corrected chi connectivity index (χ2v) is 6.92. The summed E-state index contributed by atoms with van der Waals surface area (Å²) in [6.07, 6.45) is -8.59. The summed E-state index contributed by atoms with van der Waals surface area (Å²) in [5.41, 5.74) is 1.23. The minimum atomic E-state index is -4.82. The molecule has 8 nitrogen and oxygen atoms in total. The Morgan fingerprint density at radius 3 is 2.39 bits per heavy atom. The Kier molecular flexibility index (Phi) is 7.34. The molecule has 2 aromatic carbocycles. The first-order valence-corrected chi connectivity index (χ1v) is 9.59. The molecule has 3 rings (SSSR count). The highest BCUT2D eigenvalue weighted by molar-refractivity contribution is 5.90. The predicted octanol–water partition coefficient (Wildman–Crippen LogP) is 5.10. The number of carboxylic acids is 1. The van der Waals surface area contributed by atoms with Crippen LogP contribution < -0.4 is 5.32 Å². The molecule has 2 N–H and O–H groups in total. The van der Waals surface area contributed by atoms with E-state index >= 15 is 0 Å². The number of carboxylic acid groups (broad SMARTS) is 1. The van der Waals surface area contributed by atoms with Crippen molar-refractivity contribution in [3.63, 3.8) is 0 Å². The van der Waals surface area contributed by atoms with E-state index in [2.05, 4.69) is 10.5 Å². The fourth-order valence-corrected chi connectivity index (χ4v) is 2.91. The van der Waals surface area contributed by atoms with E-state index < -0.39 is 30.9 Å². The van der Waals surface area contributed by atoms with Gasteiger partial charge in [0.1, 0.15) is 18.0 Å². The van der Waals surface area contributed by atoms with Gasteiger partial charge in [-0.25, -0.2) is 9.59 Å². The Balaban J connectivity index is 1.74. The van der Waals surface area contributed by atoms with E-state index in [0.29, 0.717) is 11.1 Å². The van der Waals surface area contributed by atoms with Crippen LogP contribution in [0.2, 0.25) is 0 Å². The van der Waals surface area contributed by atoms with Crippen molar-refractivity contribution in [1.29, 1.82) is 0 Å². The quantitative estimate of drug-likeness (QED) is 0.477. The molecule has 0 saturated heterocycles. The largest absolute Gasteiger partial charge is 0.480 e. The van der Waals surface area contributed by atoms with E-state index in [1.165, 1.54) is 31.2 Å². The normalized spacial score (nSPS) is 12.2. The number of halogens is 3. The lowest BCUT2D eigenvalue weighted by molar-refractivity contribution is -0.205. The number of carbonyl (C=O) groups is 2. The molecule has 11 heteroatoms. The van der Waals surface area contributed by atoms with Gasteiger partial charge in [-0.1, -0.05) is 59.8 Å². The zero-order chi connectivity index (χ0) is 24.0. The third kappa shape index (κ3) is 6.32. The van der Waals surface area contributed by atoms with Gasteiger partial charge < -0.3 is 19.1 Å². The second-order valence-electron chi connectivity index (χ2n) is 6.92. The number of nitrogens with one attached hydrogen (secondary N) is 1. The summed E-state index contributed by atoms with van der Waals surface area (Å²) in [7, 11) is 0. The van der Waals surface area contributed by atoms with Crippen molar-refractivity contribution < 1.29 is 41.9 Å². The van der Waals surface area contributed by atoms with Crippen molar-refractivity contribution in [1.82, 2.24) is 5.16 Å². The van der Waals surface area contributed by atoms with Crippen molar-refractivity contribution in [3.05, 3.63) is 71.4 Å². The summed E-state index contributed by atoms with van der Waals surface area (Å²) < 4.78 is 55.3. The first-order valence-electron chi connectivity index (χ1n) is 9.59. The monoisotopic (exact) mass is 464 g/mol. The number of rotatable bonds is 8. The smallest absolute Gasteiger partial charge is 0.429 e. The predicted molar refractivity (Wildman–Crippen MR) is 109 cm³/mol. The Hall–Kier alpha value is -3.86. The van der Waals surface area contributed by atoms with Crippen LogP contribution in [0.25, 0.3) is 11.3 Å². The van der Waals surface area contributed by atoms with Crippen molar-refractivity contribution in [2.24, 2.45) is 0 Å². The number of aromatic nitrogens is 1. The standard InChI is InChI=1S/C22H19F3N2O6/c1-13-18(26-21(30)32-20(22(23,24)25)16-5-3-2-4-6-16)19(33-27-13)15-9-7-14(8-10-15)11-31-12-17(28)29/h2-10,20H,11-12H2,1H3,(H,26,30)(H,28,29). The number of anilines is 1. The van der Waals surface area contributed by atoms with Crippen LogP contribution in [-0.2, 0) is 20.9 Å². The second kappa shape index (κ2) is 10.2. The molecule has 0 aliphatic carbocycles. The maximum atomic E-state index is 13.5. The van der Waals surface area contributed by atoms with Crippen LogP contribution in [0.3, 0.4) is 0 Å². The van der Waals surface area contributed by atoms with Gasteiger partial charge in [-0.15, -0.1) is 0 Å². The van der Waals surface area contributed by atoms with Gasteiger partial charge in [0, 0.05) is 11.1 Å². The molecule has 1 amide bonds. The van der Waals surface area contributed by atoms with Crippen molar-refractivity contribution in [2.45, 2.75) is 25.8 Å². The van der Waals surface area contributed by atoms with Gasteiger partial charge in [-0.2, -0.15) is 13.2 Å². The molecule has 1 unspecified atom stereocenters. The summed E-state index contributed by atoms with van der Waals surface area (Å²) in [6.45, 7) is 1.13. The summed E-state index contributed by atoms with van der Waals surface area (Å²) in [5, 5.41) is 14.7. The zero-order valence-corrected chi connectivity index (χ0v) is 17.3. The molecule has 1 aromatic heterocycles. The SMILES string of the molecule is Cc1noc(-c2ccc(COCC(=O)O)cc2)c1NC(=O)OC(c1ccccc1)C(F)(F)F. The number of nitrogens with zero attached hydrogens (tertiary/aromatic N) is 1. The molecular weight excluding hydrogens is 445 g/mol. The number of aryl methyl sites for hydroxylation is 1. The molecule has 174 valence electrons. The lowest BCUT2D eigenvalue weighted by Gasteiger charge is -2.21. The first kappa shape index (κ1) is 23.8. The Labute approximate surface area is 185 Å². The number of aliphatic carboxylic acids is 1. The van der Waals surface area contributed by atoms with Crippen molar-refractivity contribution in [3.8, 4) is 11.3 Å². The molecule has 1 heterocycles. The van der Waals surface area contributed by atoms with Gasteiger partial charge in [0.2, 0.25) is 6.10 Å². The number of amides is 1. The zero-order valence-electron chi connectivity index (χ0n) is 17.3. The number of carbonyl (C=O) groups excluding carboxylic acids is 1. The maximum absolute atomic E-state index is 13.5. The van der Waals surface area contributed by atoms with Crippen LogP contribution in [0.1, 0.15) is 22.9 Å². The van der Waals surface area contributed by atoms with Gasteiger partial charge in [-0.3, -0.25) is 5.32 Å². The van der Waals surface area contributed by atoms with E-state index in [9.17, 15) is 22.8 Å². The van der Waals surface area contributed by atoms with Crippen LogP contribution in [0, 0.1) is 6.92 Å². The van der Waals surface area contributed by atoms with Gasteiger partial charge in [0.05, 0.1) is 6.61 Å².